The van der Waals surface area contributed by atoms with Crippen LogP contribution in [0.2, 0.25) is 0 Å². The van der Waals surface area contributed by atoms with Crippen molar-refractivity contribution in [3.63, 3.8) is 0 Å². The number of fused-ring (bicyclic) bond motifs is 1. The van der Waals surface area contributed by atoms with E-state index in [1.165, 1.54) is 5.56 Å². The maximum Gasteiger partial charge on any atom is 0.162 e. The molecule has 0 aliphatic carbocycles. The first-order valence-electron chi connectivity index (χ1n) is 11.2. The first kappa shape index (κ1) is 21.7. The lowest BCUT2D eigenvalue weighted by Gasteiger charge is -2.27. The summed E-state index contributed by atoms with van der Waals surface area (Å²) < 4.78 is 17.3. The third-order valence-corrected chi connectivity index (χ3v) is 5.91. The topological polar surface area (TPSA) is 68.2 Å². The van der Waals surface area contributed by atoms with Crippen LogP contribution in [-0.2, 0) is 0 Å². The predicted octanol–water partition coefficient (Wildman–Crippen LogP) is 4.02. The summed E-state index contributed by atoms with van der Waals surface area (Å²) in [4.78, 5) is 14.0. The molecule has 0 saturated carbocycles. The summed E-state index contributed by atoms with van der Waals surface area (Å²) in [5.41, 5.74) is 1.89. The van der Waals surface area contributed by atoms with Crippen LogP contribution in [0.5, 0.6) is 17.2 Å². The Bertz CT molecular complexity index is 882. The zero-order valence-electron chi connectivity index (χ0n) is 18.1. The van der Waals surface area contributed by atoms with Gasteiger partial charge in [-0.05, 0) is 61.3 Å². The molecule has 1 N–H and O–H groups in total. The molecule has 2 atom stereocenters. The van der Waals surface area contributed by atoms with Crippen LogP contribution < -0.4 is 14.2 Å². The zero-order chi connectivity index (χ0) is 21.6. The Morgan fingerprint density at radius 2 is 1.90 bits per heavy atom. The minimum absolute atomic E-state index is 0.112. The van der Waals surface area contributed by atoms with Crippen molar-refractivity contribution in [1.29, 1.82) is 0 Å². The molecule has 0 aromatic heterocycles. The summed E-state index contributed by atoms with van der Waals surface area (Å²) in [5.74, 6) is 2.40. The molecule has 2 aliphatic heterocycles. The molecule has 4 rings (SSSR count). The van der Waals surface area contributed by atoms with Crippen molar-refractivity contribution < 1.29 is 24.1 Å². The van der Waals surface area contributed by atoms with Gasteiger partial charge in [-0.25, -0.2) is 0 Å². The van der Waals surface area contributed by atoms with Gasteiger partial charge < -0.3 is 19.3 Å². The summed E-state index contributed by atoms with van der Waals surface area (Å²) in [5, 5.41) is 10.6. The number of β-amino-alcohol motifs (C(OH)–C–C–N with tert-alkyl or cyclic N) is 1. The van der Waals surface area contributed by atoms with Gasteiger partial charge in [0.15, 0.2) is 17.3 Å². The molecule has 6 heteroatoms. The summed E-state index contributed by atoms with van der Waals surface area (Å²) >= 11 is 0. The number of hydrogen-bond acceptors (Lipinski definition) is 6. The van der Waals surface area contributed by atoms with Gasteiger partial charge in [0.25, 0.3) is 0 Å². The fraction of sp³-hybridized carbons (Fsp3) is 0.480. The van der Waals surface area contributed by atoms with Gasteiger partial charge in [0.05, 0.1) is 13.2 Å². The third-order valence-electron chi connectivity index (χ3n) is 5.91. The van der Waals surface area contributed by atoms with Gasteiger partial charge in [0, 0.05) is 31.0 Å². The normalized spacial score (nSPS) is 19.6. The smallest absolute Gasteiger partial charge is 0.162 e. The van der Waals surface area contributed by atoms with Gasteiger partial charge in [0.2, 0.25) is 0 Å². The Balaban J connectivity index is 1.33. The number of carbonyl (C=O) groups excluding carboxylic acids is 1. The molecular weight excluding hydrogens is 394 g/mol. The fourth-order valence-corrected chi connectivity index (χ4v) is 4.27. The SMILES string of the molecule is CCC(=O)c1ccc(OC[C@H](O)CN2CCC[C@@H]2c2ccc3c(c2)OCCCO3)cc1. The van der Waals surface area contributed by atoms with Crippen molar-refractivity contribution >= 4 is 5.78 Å². The van der Waals surface area contributed by atoms with E-state index in [1.54, 1.807) is 24.3 Å². The molecule has 0 bridgehead atoms. The van der Waals surface area contributed by atoms with Gasteiger partial charge in [-0.2, -0.15) is 0 Å². The van der Waals surface area contributed by atoms with E-state index in [0.717, 1.165) is 37.3 Å². The van der Waals surface area contributed by atoms with Gasteiger partial charge in [-0.1, -0.05) is 13.0 Å². The number of hydrogen-bond donors (Lipinski definition) is 1. The van der Waals surface area contributed by atoms with Gasteiger partial charge in [-0.15, -0.1) is 0 Å². The molecule has 6 nitrogen and oxygen atoms in total. The average molecular weight is 426 g/mol. The highest BCUT2D eigenvalue weighted by Gasteiger charge is 2.28. The molecule has 166 valence electrons. The highest BCUT2D eigenvalue weighted by Crippen LogP contribution is 2.37. The lowest BCUT2D eigenvalue weighted by Crippen LogP contribution is -2.35. The van der Waals surface area contributed by atoms with Crippen LogP contribution in [0.3, 0.4) is 0 Å². The van der Waals surface area contributed by atoms with Crippen LogP contribution in [0.1, 0.15) is 54.6 Å². The Morgan fingerprint density at radius 1 is 1.13 bits per heavy atom. The molecule has 31 heavy (non-hydrogen) atoms. The van der Waals surface area contributed by atoms with Crippen molar-refractivity contribution in [2.45, 2.75) is 44.8 Å². The van der Waals surface area contributed by atoms with Crippen molar-refractivity contribution in [3.8, 4) is 17.2 Å². The van der Waals surface area contributed by atoms with Crippen LogP contribution >= 0.6 is 0 Å². The number of ketones is 1. The van der Waals surface area contributed by atoms with E-state index < -0.39 is 6.10 Å². The number of ether oxygens (including phenoxy) is 3. The first-order valence-corrected chi connectivity index (χ1v) is 11.2. The van der Waals surface area contributed by atoms with Crippen LogP contribution in [0.25, 0.3) is 0 Å². The molecule has 0 unspecified atom stereocenters. The van der Waals surface area contributed by atoms with E-state index in [4.69, 9.17) is 14.2 Å². The molecule has 1 fully saturated rings. The number of aliphatic hydroxyl groups is 1. The number of nitrogens with zero attached hydrogens (tertiary/aromatic N) is 1. The number of aliphatic hydroxyl groups excluding tert-OH is 1. The van der Waals surface area contributed by atoms with E-state index >= 15 is 0 Å². The molecule has 2 heterocycles. The van der Waals surface area contributed by atoms with Crippen molar-refractivity contribution in [2.75, 3.05) is 32.9 Å². The van der Waals surface area contributed by atoms with Crippen molar-refractivity contribution in [2.24, 2.45) is 0 Å². The maximum atomic E-state index is 11.7. The Morgan fingerprint density at radius 3 is 2.68 bits per heavy atom. The second kappa shape index (κ2) is 10.2. The molecule has 0 amide bonds. The quantitative estimate of drug-likeness (QED) is 0.645. The predicted molar refractivity (Wildman–Crippen MR) is 118 cm³/mol. The molecule has 1 saturated heterocycles. The largest absolute Gasteiger partial charge is 0.491 e. The van der Waals surface area contributed by atoms with Crippen LogP contribution in [-0.4, -0.2) is 54.8 Å². The lowest BCUT2D eigenvalue weighted by molar-refractivity contribution is 0.0638. The number of carbonyl (C=O) groups is 1. The maximum absolute atomic E-state index is 11.7. The Hall–Kier alpha value is -2.57. The minimum Gasteiger partial charge on any atom is -0.491 e. The van der Waals surface area contributed by atoms with E-state index in [1.807, 2.05) is 13.0 Å². The molecule has 2 aliphatic rings. The number of likely N-dealkylation sites (tertiary alicyclic amines) is 1. The van der Waals surface area contributed by atoms with Gasteiger partial charge in [-0.3, -0.25) is 9.69 Å². The highest BCUT2D eigenvalue weighted by atomic mass is 16.5. The number of rotatable bonds is 8. The monoisotopic (exact) mass is 425 g/mol. The summed E-state index contributed by atoms with van der Waals surface area (Å²) in [6.45, 7) is 4.92. The molecule has 2 aromatic carbocycles. The Kier molecular flexibility index (Phi) is 7.10. The Labute approximate surface area is 183 Å². The second-order valence-corrected chi connectivity index (χ2v) is 8.18. The summed E-state index contributed by atoms with van der Waals surface area (Å²) in [6.07, 6.45) is 2.93. The van der Waals surface area contributed by atoms with E-state index in [0.29, 0.717) is 37.5 Å². The van der Waals surface area contributed by atoms with Crippen LogP contribution in [0.4, 0.5) is 0 Å². The third kappa shape index (κ3) is 5.38. The minimum atomic E-state index is -0.599. The van der Waals surface area contributed by atoms with Gasteiger partial charge in [0.1, 0.15) is 18.5 Å². The van der Waals surface area contributed by atoms with Crippen LogP contribution in [0, 0.1) is 0 Å². The van der Waals surface area contributed by atoms with Gasteiger partial charge >= 0.3 is 0 Å². The standard InChI is InChI=1S/C25H31NO5/c1-2-23(28)18-6-9-21(10-7-18)31-17-20(27)16-26-12-3-5-22(26)19-8-11-24-25(15-19)30-14-4-13-29-24/h6-11,15,20,22,27H,2-5,12-14,16-17H2,1H3/t20-,22-/m1/s1. The van der Waals surface area contributed by atoms with Crippen molar-refractivity contribution in [3.05, 3.63) is 53.6 Å². The van der Waals surface area contributed by atoms with Crippen LogP contribution in [0.15, 0.2) is 42.5 Å². The number of benzene rings is 2. The molecule has 0 radical (unpaired) electrons. The molecule has 2 aromatic rings. The summed E-state index contributed by atoms with van der Waals surface area (Å²) in [6, 6.07) is 13.6. The second-order valence-electron chi connectivity index (χ2n) is 8.18. The fourth-order valence-electron chi connectivity index (χ4n) is 4.27. The zero-order valence-corrected chi connectivity index (χ0v) is 18.1. The highest BCUT2D eigenvalue weighted by molar-refractivity contribution is 5.95. The number of Topliss-reactive ketones (excluding diaryl/α,β-unsaturated/α-hetero) is 1. The molecule has 0 spiro atoms. The first-order chi connectivity index (χ1) is 15.1. The lowest BCUT2D eigenvalue weighted by atomic mass is 10.0. The van der Waals surface area contributed by atoms with Crippen molar-refractivity contribution in [1.82, 2.24) is 4.90 Å². The average Bonchev–Trinajstić information content (AvgIpc) is 3.12. The van der Waals surface area contributed by atoms with E-state index in [-0.39, 0.29) is 18.4 Å². The summed E-state index contributed by atoms with van der Waals surface area (Å²) in [7, 11) is 0. The van der Waals surface area contributed by atoms with E-state index in [2.05, 4.69) is 17.0 Å². The van der Waals surface area contributed by atoms with E-state index in [9.17, 15) is 9.90 Å². The molecular formula is C25H31NO5.